The van der Waals surface area contributed by atoms with Gasteiger partial charge in [0, 0.05) is 0 Å². The van der Waals surface area contributed by atoms with Gasteiger partial charge in [0.1, 0.15) is 6.79 Å². The Kier molecular flexibility index (Phi) is 3.21. The molecule has 6 heteroatoms. The van der Waals surface area contributed by atoms with Crippen LogP contribution < -0.4 is 0 Å². The lowest BCUT2D eigenvalue weighted by molar-refractivity contribution is -0.160. The van der Waals surface area contributed by atoms with Crippen LogP contribution in [0, 0.1) is 0 Å². The van der Waals surface area contributed by atoms with Crippen molar-refractivity contribution in [1.82, 2.24) is 0 Å². The van der Waals surface area contributed by atoms with Crippen molar-refractivity contribution in [2.24, 2.45) is 0 Å². The highest BCUT2D eigenvalue weighted by molar-refractivity contribution is 5.85. The van der Waals surface area contributed by atoms with Crippen molar-refractivity contribution in [1.29, 1.82) is 0 Å². The molecule has 0 aromatic carbocycles. The first-order valence-electron chi connectivity index (χ1n) is 3.79. The fourth-order valence-electron chi connectivity index (χ4n) is 0.977. The van der Waals surface area contributed by atoms with Crippen LogP contribution in [0.3, 0.4) is 0 Å². The number of carboxylic acid groups (broad SMARTS) is 1. The number of rotatable bonds is 3. The average molecular weight is 190 g/mol. The first-order valence-corrected chi connectivity index (χ1v) is 3.79. The molecule has 0 aromatic heterocycles. The number of carbonyl (C=O) groups excluding carboxylic acids is 1. The molecule has 0 unspecified atom stereocenters. The standard InChI is InChI=1S/C7H10O6/c1-2-11-7(10)5-4(6(8)9)12-3-13-5/h4-5H,2-3H2,1H3,(H,8,9)/t4-,5-/m1/s1. The van der Waals surface area contributed by atoms with Crippen LogP contribution in [0.4, 0.5) is 0 Å². The molecule has 1 rings (SSSR count). The zero-order valence-corrected chi connectivity index (χ0v) is 7.06. The van der Waals surface area contributed by atoms with Crippen LogP contribution in [-0.2, 0) is 23.8 Å². The van der Waals surface area contributed by atoms with E-state index < -0.39 is 24.1 Å². The summed E-state index contributed by atoms with van der Waals surface area (Å²) in [5.41, 5.74) is 0. The molecule has 1 aliphatic heterocycles. The highest BCUT2D eigenvalue weighted by atomic mass is 16.7. The molecule has 0 saturated carbocycles. The molecule has 0 spiro atoms. The van der Waals surface area contributed by atoms with Gasteiger partial charge in [0.15, 0.2) is 12.2 Å². The summed E-state index contributed by atoms with van der Waals surface area (Å²) >= 11 is 0. The van der Waals surface area contributed by atoms with Gasteiger partial charge in [0.25, 0.3) is 0 Å². The minimum absolute atomic E-state index is 0.186. The zero-order valence-electron chi connectivity index (χ0n) is 7.06. The monoisotopic (exact) mass is 190 g/mol. The van der Waals surface area contributed by atoms with Gasteiger partial charge in [-0.05, 0) is 6.92 Å². The second kappa shape index (κ2) is 4.20. The fraction of sp³-hybridized carbons (Fsp3) is 0.714. The van der Waals surface area contributed by atoms with E-state index in [-0.39, 0.29) is 13.4 Å². The minimum atomic E-state index is -1.25. The molecule has 1 saturated heterocycles. The number of carbonyl (C=O) groups is 2. The summed E-state index contributed by atoms with van der Waals surface area (Å²) in [5, 5.41) is 8.59. The molecule has 2 atom stereocenters. The van der Waals surface area contributed by atoms with Crippen LogP contribution in [0.15, 0.2) is 0 Å². The fourth-order valence-corrected chi connectivity index (χ4v) is 0.977. The molecule has 0 aliphatic carbocycles. The maximum absolute atomic E-state index is 11.1. The quantitative estimate of drug-likeness (QED) is 0.597. The summed E-state index contributed by atoms with van der Waals surface area (Å²) in [6, 6.07) is 0. The number of esters is 1. The second-order valence-corrected chi connectivity index (χ2v) is 2.38. The SMILES string of the molecule is CCOC(=O)[C@@H]1OCO[C@H]1C(=O)O. The first-order chi connectivity index (χ1) is 6.16. The molecule has 0 bridgehead atoms. The maximum atomic E-state index is 11.1. The average Bonchev–Trinajstić information content (AvgIpc) is 2.52. The Morgan fingerprint density at radius 1 is 1.46 bits per heavy atom. The maximum Gasteiger partial charge on any atom is 0.338 e. The minimum Gasteiger partial charge on any atom is -0.479 e. The number of hydrogen-bond acceptors (Lipinski definition) is 5. The van der Waals surface area contributed by atoms with Crippen LogP contribution in [0.25, 0.3) is 0 Å². The van der Waals surface area contributed by atoms with E-state index in [9.17, 15) is 9.59 Å². The molecular formula is C7H10O6. The summed E-state index contributed by atoms with van der Waals surface area (Å²) in [6.07, 6.45) is -2.39. The predicted octanol–water partition coefficient (Wildman–Crippen LogP) is -0.624. The molecular weight excluding hydrogens is 180 g/mol. The molecule has 0 radical (unpaired) electrons. The molecule has 1 aliphatic rings. The Labute approximate surface area is 74.4 Å². The van der Waals surface area contributed by atoms with E-state index in [1.165, 1.54) is 0 Å². The Hall–Kier alpha value is -1.14. The van der Waals surface area contributed by atoms with Gasteiger partial charge >= 0.3 is 11.9 Å². The first kappa shape index (κ1) is 9.94. The molecule has 0 amide bonds. The normalized spacial score (nSPS) is 27.2. The van der Waals surface area contributed by atoms with Gasteiger partial charge in [0.05, 0.1) is 6.61 Å². The molecule has 0 aromatic rings. The number of aliphatic carboxylic acids is 1. The summed E-state index contributed by atoms with van der Waals surface area (Å²) in [5.74, 6) is -1.93. The van der Waals surface area contributed by atoms with Gasteiger partial charge < -0.3 is 19.3 Å². The molecule has 1 N–H and O–H groups in total. The van der Waals surface area contributed by atoms with E-state index in [4.69, 9.17) is 9.84 Å². The largest absolute Gasteiger partial charge is 0.479 e. The van der Waals surface area contributed by atoms with Crippen molar-refractivity contribution in [2.45, 2.75) is 19.1 Å². The number of carboxylic acids is 1. The van der Waals surface area contributed by atoms with Crippen molar-refractivity contribution >= 4 is 11.9 Å². The van der Waals surface area contributed by atoms with E-state index in [0.29, 0.717) is 0 Å². The van der Waals surface area contributed by atoms with Crippen LogP contribution in [0.1, 0.15) is 6.92 Å². The Morgan fingerprint density at radius 3 is 2.62 bits per heavy atom. The summed E-state index contributed by atoms with van der Waals surface area (Å²) < 4.78 is 14.0. The van der Waals surface area contributed by atoms with Crippen LogP contribution in [0.5, 0.6) is 0 Å². The van der Waals surface area contributed by atoms with Crippen LogP contribution in [0.2, 0.25) is 0 Å². The third-order valence-corrected chi connectivity index (χ3v) is 1.53. The highest BCUT2D eigenvalue weighted by Gasteiger charge is 2.41. The van der Waals surface area contributed by atoms with Gasteiger partial charge in [-0.3, -0.25) is 0 Å². The summed E-state index contributed by atoms with van der Waals surface area (Å²) in [6.45, 7) is 1.62. The van der Waals surface area contributed by atoms with E-state index >= 15 is 0 Å². The Bertz CT molecular complexity index is 213. The lowest BCUT2D eigenvalue weighted by Crippen LogP contribution is -2.38. The molecule has 1 fully saturated rings. The number of hydrogen-bond donors (Lipinski definition) is 1. The molecule has 13 heavy (non-hydrogen) atoms. The van der Waals surface area contributed by atoms with Gasteiger partial charge in [-0.25, -0.2) is 9.59 Å². The second-order valence-electron chi connectivity index (χ2n) is 2.38. The predicted molar refractivity (Wildman–Crippen MR) is 38.9 cm³/mol. The zero-order chi connectivity index (χ0) is 9.84. The van der Waals surface area contributed by atoms with E-state index in [1.54, 1.807) is 6.92 Å². The highest BCUT2D eigenvalue weighted by Crippen LogP contribution is 2.14. The summed E-state index contributed by atoms with van der Waals surface area (Å²) in [4.78, 5) is 21.6. The van der Waals surface area contributed by atoms with Crippen LogP contribution in [-0.4, -0.2) is 42.7 Å². The van der Waals surface area contributed by atoms with Crippen molar-refractivity contribution in [3.05, 3.63) is 0 Å². The van der Waals surface area contributed by atoms with Gasteiger partial charge in [-0.2, -0.15) is 0 Å². The Balaban J connectivity index is 2.57. The van der Waals surface area contributed by atoms with Crippen molar-refractivity contribution in [2.75, 3.05) is 13.4 Å². The molecule has 1 heterocycles. The van der Waals surface area contributed by atoms with Gasteiger partial charge in [-0.1, -0.05) is 0 Å². The lowest BCUT2D eigenvalue weighted by atomic mass is 10.2. The molecule has 74 valence electrons. The molecule has 6 nitrogen and oxygen atoms in total. The third kappa shape index (κ3) is 2.16. The van der Waals surface area contributed by atoms with Gasteiger partial charge in [0.2, 0.25) is 0 Å². The summed E-state index contributed by atoms with van der Waals surface area (Å²) in [7, 11) is 0. The lowest BCUT2D eigenvalue weighted by Gasteiger charge is -2.10. The topological polar surface area (TPSA) is 82.1 Å². The number of ether oxygens (including phenoxy) is 3. The smallest absolute Gasteiger partial charge is 0.338 e. The van der Waals surface area contributed by atoms with E-state index in [2.05, 4.69) is 9.47 Å². The third-order valence-electron chi connectivity index (χ3n) is 1.53. The van der Waals surface area contributed by atoms with Crippen molar-refractivity contribution < 1.29 is 28.9 Å². The van der Waals surface area contributed by atoms with Crippen molar-refractivity contribution in [3.8, 4) is 0 Å². The van der Waals surface area contributed by atoms with Crippen molar-refractivity contribution in [3.63, 3.8) is 0 Å². The Morgan fingerprint density at radius 2 is 2.08 bits per heavy atom. The van der Waals surface area contributed by atoms with E-state index in [1.807, 2.05) is 0 Å². The van der Waals surface area contributed by atoms with Crippen LogP contribution >= 0.6 is 0 Å². The van der Waals surface area contributed by atoms with Gasteiger partial charge in [-0.15, -0.1) is 0 Å². The van der Waals surface area contributed by atoms with E-state index in [0.717, 1.165) is 0 Å².